The molecule has 2 rings (SSSR count). The number of hydrogen-bond donors (Lipinski definition) is 0. The van der Waals surface area contributed by atoms with E-state index in [1.807, 2.05) is 9.80 Å². The molecule has 0 amide bonds. The second-order valence-corrected chi connectivity index (χ2v) is 5.70. The first-order chi connectivity index (χ1) is 11.6. The van der Waals surface area contributed by atoms with Crippen LogP contribution >= 0.6 is 0 Å². The Morgan fingerprint density at radius 2 is 1.12 bits per heavy atom. The molecule has 0 aliphatic carbocycles. The molecule has 8 heteroatoms. The molecule has 2 heterocycles. The molecule has 2 fully saturated rings. The number of carbonyl (C=O) groups excluding carboxylic acids is 2. The highest BCUT2D eigenvalue weighted by Gasteiger charge is 2.21. The lowest BCUT2D eigenvalue weighted by atomic mass is 10.4. The van der Waals surface area contributed by atoms with Crippen LogP contribution in [-0.4, -0.2) is 86.8 Å². The summed E-state index contributed by atoms with van der Waals surface area (Å²) in [4.78, 5) is 27.6. The Labute approximate surface area is 142 Å². The van der Waals surface area contributed by atoms with Gasteiger partial charge in [-0.25, -0.2) is 9.59 Å². The Balaban J connectivity index is 1.70. The lowest BCUT2D eigenvalue weighted by molar-refractivity contribution is -0.158. The van der Waals surface area contributed by atoms with Crippen LogP contribution in [0.15, 0.2) is 12.2 Å². The van der Waals surface area contributed by atoms with Crippen LogP contribution in [0.25, 0.3) is 0 Å². The topological polar surface area (TPSA) is 77.5 Å². The van der Waals surface area contributed by atoms with E-state index in [9.17, 15) is 9.59 Å². The molecule has 0 saturated carbocycles. The zero-order valence-corrected chi connectivity index (χ0v) is 14.3. The zero-order valence-electron chi connectivity index (χ0n) is 14.3. The molecule has 2 aliphatic rings. The number of esters is 2. The molecule has 2 unspecified atom stereocenters. The van der Waals surface area contributed by atoms with Crippen molar-refractivity contribution in [3.05, 3.63) is 12.2 Å². The maximum absolute atomic E-state index is 11.8. The quantitative estimate of drug-likeness (QED) is 0.493. The summed E-state index contributed by atoms with van der Waals surface area (Å²) in [5, 5.41) is 0. The number of morpholine rings is 2. The molecule has 0 aromatic carbocycles. The molecular formula is C16H26N2O6. The van der Waals surface area contributed by atoms with Gasteiger partial charge in [0.25, 0.3) is 0 Å². The normalized spacial score (nSPS) is 22.9. The monoisotopic (exact) mass is 342 g/mol. The van der Waals surface area contributed by atoms with E-state index in [1.165, 1.54) is 0 Å². The predicted octanol–water partition coefficient (Wildman–Crippen LogP) is -0.0146. The standard InChI is InChI=1S/C16H26N2O6/c1-13(17-5-9-21-10-6-17)23-15(19)3-4-16(20)24-14(2)18-7-11-22-12-8-18/h3-4,13-14H,5-12H2,1-2H3/b4-3+. The van der Waals surface area contributed by atoms with Gasteiger partial charge in [-0.15, -0.1) is 0 Å². The average molecular weight is 342 g/mol. The highest BCUT2D eigenvalue weighted by atomic mass is 16.6. The van der Waals surface area contributed by atoms with Gasteiger partial charge in [-0.05, 0) is 13.8 Å². The third kappa shape index (κ3) is 6.20. The minimum Gasteiger partial charge on any atom is -0.443 e. The number of rotatable bonds is 6. The van der Waals surface area contributed by atoms with Gasteiger partial charge < -0.3 is 18.9 Å². The fraction of sp³-hybridized carbons (Fsp3) is 0.750. The molecule has 0 radical (unpaired) electrons. The van der Waals surface area contributed by atoms with Gasteiger partial charge in [0.15, 0.2) is 12.5 Å². The van der Waals surface area contributed by atoms with Crippen molar-refractivity contribution >= 4 is 11.9 Å². The minimum absolute atomic E-state index is 0.352. The van der Waals surface area contributed by atoms with Gasteiger partial charge in [-0.1, -0.05) is 0 Å². The first kappa shape index (κ1) is 18.9. The molecule has 2 aliphatic heterocycles. The Hall–Kier alpha value is -1.48. The van der Waals surface area contributed by atoms with Crippen molar-refractivity contribution in [1.29, 1.82) is 0 Å². The Morgan fingerprint density at radius 1 is 0.792 bits per heavy atom. The third-order valence-electron chi connectivity index (χ3n) is 4.05. The minimum atomic E-state index is -0.565. The van der Waals surface area contributed by atoms with Gasteiger partial charge in [0.05, 0.1) is 26.4 Å². The van der Waals surface area contributed by atoms with E-state index in [2.05, 4.69) is 0 Å². The molecule has 2 atom stereocenters. The largest absolute Gasteiger partial charge is 0.443 e. The first-order valence-electron chi connectivity index (χ1n) is 8.29. The smallest absolute Gasteiger partial charge is 0.332 e. The van der Waals surface area contributed by atoms with E-state index >= 15 is 0 Å². The van der Waals surface area contributed by atoms with Gasteiger partial charge in [0.1, 0.15) is 0 Å². The predicted molar refractivity (Wildman–Crippen MR) is 85.0 cm³/mol. The summed E-state index contributed by atoms with van der Waals surface area (Å²) in [5.41, 5.74) is 0. The Morgan fingerprint density at radius 3 is 1.46 bits per heavy atom. The molecule has 0 aromatic heterocycles. The van der Waals surface area contributed by atoms with E-state index in [-0.39, 0.29) is 12.5 Å². The highest BCUT2D eigenvalue weighted by molar-refractivity contribution is 5.91. The fourth-order valence-electron chi connectivity index (χ4n) is 2.58. The lowest BCUT2D eigenvalue weighted by Gasteiger charge is -2.31. The molecule has 0 N–H and O–H groups in total. The molecule has 0 bridgehead atoms. The highest BCUT2D eigenvalue weighted by Crippen LogP contribution is 2.07. The van der Waals surface area contributed by atoms with Crippen LogP contribution in [0.1, 0.15) is 13.8 Å². The summed E-state index contributed by atoms with van der Waals surface area (Å²) < 4.78 is 21.0. The first-order valence-corrected chi connectivity index (χ1v) is 8.29. The van der Waals surface area contributed by atoms with E-state index in [1.54, 1.807) is 13.8 Å². The van der Waals surface area contributed by atoms with E-state index in [0.29, 0.717) is 26.4 Å². The molecule has 2 saturated heterocycles. The van der Waals surface area contributed by atoms with Crippen LogP contribution in [-0.2, 0) is 28.5 Å². The SMILES string of the molecule is CC(OC(=O)/C=C/C(=O)OC(C)N1CCOCC1)N1CCOCC1. The van der Waals surface area contributed by atoms with Gasteiger partial charge in [0, 0.05) is 38.3 Å². The Kier molecular flexibility index (Phi) is 7.64. The van der Waals surface area contributed by atoms with Crippen LogP contribution in [0.4, 0.5) is 0 Å². The van der Waals surface area contributed by atoms with Crippen molar-refractivity contribution in [3.63, 3.8) is 0 Å². The van der Waals surface area contributed by atoms with Crippen LogP contribution in [0.5, 0.6) is 0 Å². The average Bonchev–Trinajstić information content (AvgIpc) is 2.61. The summed E-state index contributed by atoms with van der Waals surface area (Å²) >= 11 is 0. The Bertz CT molecular complexity index is 404. The van der Waals surface area contributed by atoms with E-state index in [0.717, 1.165) is 38.3 Å². The van der Waals surface area contributed by atoms with Gasteiger partial charge in [-0.2, -0.15) is 0 Å². The zero-order chi connectivity index (χ0) is 17.4. The van der Waals surface area contributed by atoms with E-state index in [4.69, 9.17) is 18.9 Å². The second-order valence-electron chi connectivity index (χ2n) is 5.70. The summed E-state index contributed by atoms with van der Waals surface area (Å²) in [7, 11) is 0. The van der Waals surface area contributed by atoms with Gasteiger partial charge >= 0.3 is 11.9 Å². The van der Waals surface area contributed by atoms with Crippen molar-refractivity contribution in [2.75, 3.05) is 52.6 Å². The summed E-state index contributed by atoms with van der Waals surface area (Å²) in [5.74, 6) is -1.13. The van der Waals surface area contributed by atoms with Crippen molar-refractivity contribution in [2.24, 2.45) is 0 Å². The number of hydrogen-bond acceptors (Lipinski definition) is 8. The molecule has 24 heavy (non-hydrogen) atoms. The fourth-order valence-corrected chi connectivity index (χ4v) is 2.58. The lowest BCUT2D eigenvalue weighted by Crippen LogP contribution is -2.44. The molecule has 0 aromatic rings. The summed E-state index contributed by atoms with van der Waals surface area (Å²) in [6.07, 6.45) is 1.50. The maximum atomic E-state index is 11.8. The maximum Gasteiger partial charge on any atom is 0.332 e. The number of nitrogens with zero attached hydrogens (tertiary/aromatic N) is 2. The number of carbonyl (C=O) groups is 2. The van der Waals surface area contributed by atoms with Crippen molar-refractivity contribution in [1.82, 2.24) is 9.80 Å². The van der Waals surface area contributed by atoms with E-state index < -0.39 is 11.9 Å². The van der Waals surface area contributed by atoms with Gasteiger partial charge in [0.2, 0.25) is 0 Å². The van der Waals surface area contributed by atoms with Gasteiger partial charge in [-0.3, -0.25) is 9.80 Å². The molecular weight excluding hydrogens is 316 g/mol. The van der Waals surface area contributed by atoms with Crippen LogP contribution in [0.2, 0.25) is 0 Å². The summed E-state index contributed by atoms with van der Waals surface area (Å²) in [6.45, 7) is 8.99. The van der Waals surface area contributed by atoms with Crippen LogP contribution in [0.3, 0.4) is 0 Å². The molecule has 8 nitrogen and oxygen atoms in total. The van der Waals surface area contributed by atoms with Crippen LogP contribution < -0.4 is 0 Å². The van der Waals surface area contributed by atoms with Crippen molar-refractivity contribution in [2.45, 2.75) is 26.3 Å². The number of ether oxygens (including phenoxy) is 4. The van der Waals surface area contributed by atoms with Crippen molar-refractivity contribution < 1.29 is 28.5 Å². The molecule has 136 valence electrons. The third-order valence-corrected chi connectivity index (χ3v) is 4.05. The van der Waals surface area contributed by atoms with Crippen LogP contribution in [0, 0.1) is 0 Å². The summed E-state index contributed by atoms with van der Waals surface area (Å²) in [6, 6.07) is 0. The second kappa shape index (κ2) is 9.73. The van der Waals surface area contributed by atoms with Crippen molar-refractivity contribution in [3.8, 4) is 0 Å². The molecule has 0 spiro atoms.